The lowest BCUT2D eigenvalue weighted by molar-refractivity contribution is 0.392. The first kappa shape index (κ1) is 19.5. The van der Waals surface area contributed by atoms with E-state index in [1.54, 1.807) is 13.4 Å². The lowest BCUT2D eigenvalue weighted by Gasteiger charge is -2.12. The lowest BCUT2D eigenvalue weighted by atomic mass is 10.2. The average molecular weight is 382 g/mol. The molecule has 0 bridgehead atoms. The van der Waals surface area contributed by atoms with E-state index in [9.17, 15) is 0 Å². The molecule has 1 aromatic carbocycles. The Kier molecular flexibility index (Phi) is 6.73. The van der Waals surface area contributed by atoms with Gasteiger partial charge in [0.2, 0.25) is 0 Å². The minimum atomic E-state index is 0.557. The van der Waals surface area contributed by atoms with Crippen molar-refractivity contribution in [2.45, 2.75) is 33.4 Å². The van der Waals surface area contributed by atoms with Crippen LogP contribution in [0.25, 0.3) is 0 Å². The average Bonchev–Trinajstić information content (AvgIpc) is 3.34. The van der Waals surface area contributed by atoms with Gasteiger partial charge in [0.05, 0.1) is 25.6 Å². The summed E-state index contributed by atoms with van der Waals surface area (Å²) >= 11 is 0. The number of methoxy groups -OCH3 is 1. The molecule has 2 N–H and O–H groups in total. The normalized spacial score (nSPS) is 11.5. The maximum absolute atomic E-state index is 5.38. The minimum Gasteiger partial charge on any atom is -0.497 e. The zero-order valence-electron chi connectivity index (χ0n) is 16.5. The van der Waals surface area contributed by atoms with E-state index in [4.69, 9.17) is 18.7 Å². The fourth-order valence-electron chi connectivity index (χ4n) is 2.76. The largest absolute Gasteiger partial charge is 0.497 e. The summed E-state index contributed by atoms with van der Waals surface area (Å²) in [6.45, 7) is 5.71. The first-order valence-electron chi connectivity index (χ1n) is 9.25. The fourth-order valence-corrected chi connectivity index (χ4v) is 2.76. The van der Waals surface area contributed by atoms with E-state index in [0.717, 1.165) is 46.5 Å². The maximum Gasteiger partial charge on any atom is 0.191 e. The number of rotatable bonds is 8. The van der Waals surface area contributed by atoms with Crippen molar-refractivity contribution in [3.63, 3.8) is 0 Å². The van der Waals surface area contributed by atoms with Gasteiger partial charge in [-0.15, -0.1) is 0 Å². The predicted molar refractivity (Wildman–Crippen MR) is 107 cm³/mol. The van der Waals surface area contributed by atoms with Crippen molar-refractivity contribution in [2.75, 3.05) is 13.7 Å². The highest BCUT2D eigenvalue weighted by Crippen LogP contribution is 2.13. The number of ether oxygens (including phenoxy) is 1. The summed E-state index contributed by atoms with van der Waals surface area (Å²) in [6.07, 6.45) is 2.46. The second-order valence-corrected chi connectivity index (χ2v) is 6.43. The molecule has 0 unspecified atom stereocenters. The molecule has 0 saturated heterocycles. The smallest absolute Gasteiger partial charge is 0.191 e. The van der Waals surface area contributed by atoms with Crippen molar-refractivity contribution < 1.29 is 13.7 Å². The third-order valence-corrected chi connectivity index (χ3v) is 4.44. The highest BCUT2D eigenvalue weighted by molar-refractivity contribution is 5.79. The van der Waals surface area contributed by atoms with Gasteiger partial charge in [0.1, 0.15) is 17.3 Å². The van der Waals surface area contributed by atoms with Gasteiger partial charge < -0.3 is 24.3 Å². The molecular weight excluding hydrogens is 356 g/mol. The van der Waals surface area contributed by atoms with Crippen molar-refractivity contribution in [3.8, 4) is 5.75 Å². The van der Waals surface area contributed by atoms with Crippen LogP contribution < -0.4 is 15.4 Å². The van der Waals surface area contributed by atoms with Crippen LogP contribution in [0.15, 0.2) is 56.6 Å². The Morgan fingerprint density at radius 1 is 1.14 bits per heavy atom. The molecule has 0 aliphatic carbocycles. The molecule has 0 fully saturated rings. The number of hydrogen-bond donors (Lipinski definition) is 2. The Balaban J connectivity index is 1.63. The zero-order valence-corrected chi connectivity index (χ0v) is 16.5. The highest BCUT2D eigenvalue weighted by Gasteiger charge is 2.09. The van der Waals surface area contributed by atoms with Crippen molar-refractivity contribution in [1.82, 2.24) is 15.8 Å². The Bertz CT molecular complexity index is 864. The summed E-state index contributed by atoms with van der Waals surface area (Å²) in [5, 5.41) is 10.7. The molecule has 148 valence electrons. The molecule has 0 radical (unpaired) electrons. The molecule has 7 nitrogen and oxygen atoms in total. The van der Waals surface area contributed by atoms with Gasteiger partial charge in [0.25, 0.3) is 0 Å². The number of aromatic nitrogens is 1. The second-order valence-electron chi connectivity index (χ2n) is 6.43. The molecule has 0 spiro atoms. The summed E-state index contributed by atoms with van der Waals surface area (Å²) in [7, 11) is 1.66. The molecule has 0 atom stereocenters. The first-order chi connectivity index (χ1) is 13.7. The molecule has 7 heteroatoms. The van der Waals surface area contributed by atoms with Crippen LogP contribution in [0, 0.1) is 13.8 Å². The molecule has 2 heterocycles. The molecule has 3 aromatic rings. The number of furan rings is 1. The van der Waals surface area contributed by atoms with Gasteiger partial charge in [-0.25, -0.2) is 4.99 Å². The quantitative estimate of drug-likeness (QED) is 0.459. The topological polar surface area (TPSA) is 84.8 Å². The molecule has 0 aliphatic heterocycles. The number of hydrogen-bond acceptors (Lipinski definition) is 5. The summed E-state index contributed by atoms with van der Waals surface area (Å²) in [4.78, 5) is 4.70. The van der Waals surface area contributed by atoms with Gasteiger partial charge in [-0.3, -0.25) is 0 Å². The van der Waals surface area contributed by atoms with E-state index >= 15 is 0 Å². The Morgan fingerprint density at radius 2 is 1.96 bits per heavy atom. The third kappa shape index (κ3) is 5.39. The summed E-state index contributed by atoms with van der Waals surface area (Å²) in [5.74, 6) is 3.31. The van der Waals surface area contributed by atoms with E-state index in [2.05, 4.69) is 15.8 Å². The zero-order chi connectivity index (χ0) is 19.8. The number of nitrogens with zero attached hydrogens (tertiary/aromatic N) is 2. The van der Waals surface area contributed by atoms with Crippen LogP contribution in [0.5, 0.6) is 5.75 Å². The monoisotopic (exact) mass is 382 g/mol. The molecule has 0 aliphatic rings. The predicted octanol–water partition coefficient (Wildman–Crippen LogP) is 3.37. The van der Waals surface area contributed by atoms with E-state index in [-0.39, 0.29) is 0 Å². The van der Waals surface area contributed by atoms with Gasteiger partial charge in [-0.1, -0.05) is 17.3 Å². The second kappa shape index (κ2) is 9.64. The number of guanidine groups is 1. The summed E-state index contributed by atoms with van der Waals surface area (Å²) in [6, 6.07) is 11.8. The van der Waals surface area contributed by atoms with Gasteiger partial charge in [0, 0.05) is 25.1 Å². The van der Waals surface area contributed by atoms with Crippen molar-refractivity contribution in [1.29, 1.82) is 0 Å². The SMILES string of the molecule is COc1ccc(CN=C(NCCc2ccco2)NCc2c(C)noc2C)cc1. The molecular formula is C21H26N4O3. The summed E-state index contributed by atoms with van der Waals surface area (Å²) < 4.78 is 15.8. The number of nitrogens with one attached hydrogen (secondary N) is 2. The van der Waals surface area contributed by atoms with Crippen LogP contribution in [-0.2, 0) is 19.5 Å². The number of benzene rings is 1. The molecule has 2 aromatic heterocycles. The molecule has 0 amide bonds. The molecule has 3 rings (SSSR count). The summed E-state index contributed by atoms with van der Waals surface area (Å²) in [5.41, 5.74) is 3.03. The fraction of sp³-hybridized carbons (Fsp3) is 0.333. The standard InChI is InChI=1S/C21H26N4O3/c1-15-20(16(2)28-25-15)14-24-21(22-11-10-19-5-4-12-27-19)23-13-17-6-8-18(26-3)9-7-17/h4-9,12H,10-11,13-14H2,1-3H3,(H2,22,23,24). The van der Waals surface area contributed by atoms with Crippen LogP contribution in [0.1, 0.15) is 28.3 Å². The van der Waals surface area contributed by atoms with Crippen LogP contribution in [0.3, 0.4) is 0 Å². The highest BCUT2D eigenvalue weighted by atomic mass is 16.5. The number of aliphatic imine (C=N–C) groups is 1. The van der Waals surface area contributed by atoms with Gasteiger partial charge in [0.15, 0.2) is 5.96 Å². The van der Waals surface area contributed by atoms with Crippen molar-refractivity contribution in [2.24, 2.45) is 4.99 Å². The first-order valence-corrected chi connectivity index (χ1v) is 9.25. The van der Waals surface area contributed by atoms with Crippen LogP contribution in [-0.4, -0.2) is 24.8 Å². The van der Waals surface area contributed by atoms with Crippen molar-refractivity contribution in [3.05, 3.63) is 71.0 Å². The van der Waals surface area contributed by atoms with Gasteiger partial charge in [-0.05, 0) is 43.7 Å². The Labute approximate surface area is 164 Å². The van der Waals surface area contributed by atoms with Gasteiger partial charge >= 0.3 is 0 Å². The Morgan fingerprint density at radius 3 is 2.61 bits per heavy atom. The minimum absolute atomic E-state index is 0.557. The number of aryl methyl sites for hydroxylation is 2. The third-order valence-electron chi connectivity index (χ3n) is 4.44. The van der Waals surface area contributed by atoms with E-state index < -0.39 is 0 Å². The van der Waals surface area contributed by atoms with E-state index in [1.807, 2.05) is 50.2 Å². The van der Waals surface area contributed by atoms with E-state index in [1.165, 1.54) is 0 Å². The van der Waals surface area contributed by atoms with Gasteiger partial charge in [-0.2, -0.15) is 0 Å². The molecule has 28 heavy (non-hydrogen) atoms. The van der Waals surface area contributed by atoms with Crippen LogP contribution in [0.4, 0.5) is 0 Å². The van der Waals surface area contributed by atoms with Crippen molar-refractivity contribution >= 4 is 5.96 Å². The molecule has 0 saturated carbocycles. The lowest BCUT2D eigenvalue weighted by Crippen LogP contribution is -2.38. The van der Waals surface area contributed by atoms with E-state index in [0.29, 0.717) is 19.6 Å². The Hall–Kier alpha value is -3.22. The van der Waals surface area contributed by atoms with Crippen LogP contribution >= 0.6 is 0 Å². The van der Waals surface area contributed by atoms with Crippen LogP contribution in [0.2, 0.25) is 0 Å². The maximum atomic E-state index is 5.38.